The third-order valence-corrected chi connectivity index (χ3v) is 8.73. The van der Waals surface area contributed by atoms with E-state index in [-0.39, 0.29) is 28.1 Å². The van der Waals surface area contributed by atoms with E-state index in [4.69, 9.17) is 0 Å². The fraction of sp³-hybridized carbons (Fsp3) is 0.640. The number of rotatable bonds is 5. The number of piperazine rings is 1. The first-order valence-electron chi connectivity index (χ1n) is 12.4. The molecule has 0 unspecified atom stereocenters. The summed E-state index contributed by atoms with van der Waals surface area (Å²) in [4.78, 5) is 45.1. The molecule has 33 heavy (non-hydrogen) atoms. The van der Waals surface area contributed by atoms with Gasteiger partial charge in [0.05, 0.1) is 10.9 Å². The highest BCUT2D eigenvalue weighted by molar-refractivity contribution is 5.82. The van der Waals surface area contributed by atoms with E-state index in [0.29, 0.717) is 17.4 Å². The number of carbonyl (C=O) groups is 1. The predicted octanol–water partition coefficient (Wildman–Crippen LogP) is 1.67. The van der Waals surface area contributed by atoms with Gasteiger partial charge in [0.1, 0.15) is 0 Å². The maximum absolute atomic E-state index is 12.5. The molecule has 178 valence electrons. The molecule has 4 fully saturated rings. The van der Waals surface area contributed by atoms with Gasteiger partial charge in [0, 0.05) is 57.3 Å². The summed E-state index contributed by atoms with van der Waals surface area (Å²) in [5.74, 6) is 0.242. The standard InChI is InChI=1S/C25H35N5O3/c1-3-30-21(31)19-5-4-18(16-20(19)27-23(30)33)17-28-12-14-29(15-13-28)25-9-6-24(7-10-25,8-11-25)22(32)26-2/h4-5,16H,3,6-15,17H2,1-2H3,(H,26,32)(H,27,33). The zero-order valence-electron chi connectivity index (χ0n) is 19.8. The Balaban J connectivity index is 1.23. The van der Waals surface area contributed by atoms with Gasteiger partial charge in [-0.3, -0.25) is 24.0 Å². The summed E-state index contributed by atoms with van der Waals surface area (Å²) in [7, 11) is 1.76. The van der Waals surface area contributed by atoms with Crippen molar-refractivity contribution in [2.75, 3.05) is 33.2 Å². The van der Waals surface area contributed by atoms with Crippen LogP contribution in [0.2, 0.25) is 0 Å². The number of H-pyrrole nitrogens is 1. The van der Waals surface area contributed by atoms with Gasteiger partial charge >= 0.3 is 5.69 Å². The number of aromatic nitrogens is 2. The molecule has 1 aromatic heterocycles. The second kappa shape index (κ2) is 8.40. The van der Waals surface area contributed by atoms with Crippen LogP contribution in [0.15, 0.2) is 27.8 Å². The van der Waals surface area contributed by atoms with Gasteiger partial charge in [0.25, 0.3) is 5.56 Å². The summed E-state index contributed by atoms with van der Waals surface area (Å²) in [5.41, 5.74) is 1.33. The van der Waals surface area contributed by atoms with E-state index in [2.05, 4.69) is 20.1 Å². The normalized spacial score (nSPS) is 28.3. The Morgan fingerprint density at radius 1 is 1.03 bits per heavy atom. The van der Waals surface area contributed by atoms with E-state index >= 15 is 0 Å². The Hall–Kier alpha value is -2.45. The minimum absolute atomic E-state index is 0.115. The molecule has 2 aromatic rings. The Labute approximate surface area is 194 Å². The third-order valence-electron chi connectivity index (χ3n) is 8.73. The predicted molar refractivity (Wildman–Crippen MR) is 128 cm³/mol. The molecule has 3 saturated carbocycles. The maximum atomic E-state index is 12.5. The van der Waals surface area contributed by atoms with Crippen LogP contribution in [0.5, 0.6) is 0 Å². The molecule has 3 aliphatic carbocycles. The number of aromatic amines is 1. The van der Waals surface area contributed by atoms with Gasteiger partial charge in [0.2, 0.25) is 5.91 Å². The fourth-order valence-electron chi connectivity index (χ4n) is 6.57. The molecule has 0 radical (unpaired) electrons. The van der Waals surface area contributed by atoms with E-state index < -0.39 is 0 Å². The fourth-order valence-corrected chi connectivity index (χ4v) is 6.57. The molecule has 1 amide bonds. The van der Waals surface area contributed by atoms with Crippen molar-refractivity contribution in [3.63, 3.8) is 0 Å². The van der Waals surface area contributed by atoms with Crippen LogP contribution in [0.1, 0.15) is 51.0 Å². The average molecular weight is 454 g/mol. The highest BCUT2D eigenvalue weighted by Crippen LogP contribution is 2.54. The summed E-state index contributed by atoms with van der Waals surface area (Å²) < 4.78 is 1.23. The minimum Gasteiger partial charge on any atom is -0.359 e. The van der Waals surface area contributed by atoms with Gasteiger partial charge in [-0.15, -0.1) is 0 Å². The maximum Gasteiger partial charge on any atom is 0.328 e. The quantitative estimate of drug-likeness (QED) is 0.719. The first-order chi connectivity index (χ1) is 15.9. The molecule has 1 aromatic carbocycles. The van der Waals surface area contributed by atoms with Crippen molar-refractivity contribution in [3.8, 4) is 0 Å². The Morgan fingerprint density at radius 3 is 2.30 bits per heavy atom. The molecule has 2 N–H and O–H groups in total. The van der Waals surface area contributed by atoms with Crippen LogP contribution < -0.4 is 16.6 Å². The number of amides is 1. The lowest BCUT2D eigenvalue weighted by atomic mass is 9.56. The van der Waals surface area contributed by atoms with Crippen molar-refractivity contribution < 1.29 is 4.79 Å². The highest BCUT2D eigenvalue weighted by Gasteiger charge is 2.54. The first-order valence-corrected chi connectivity index (χ1v) is 12.4. The topological polar surface area (TPSA) is 90.4 Å². The van der Waals surface area contributed by atoms with E-state index in [1.54, 1.807) is 14.0 Å². The first kappa shape index (κ1) is 22.3. The van der Waals surface area contributed by atoms with Crippen molar-refractivity contribution in [2.45, 2.75) is 64.1 Å². The zero-order chi connectivity index (χ0) is 23.2. The zero-order valence-corrected chi connectivity index (χ0v) is 19.8. The number of benzene rings is 1. The van der Waals surface area contributed by atoms with Crippen LogP contribution >= 0.6 is 0 Å². The minimum atomic E-state index is -0.347. The number of hydrogen-bond donors (Lipinski definition) is 2. The van der Waals surface area contributed by atoms with Gasteiger partial charge < -0.3 is 10.3 Å². The molecule has 2 bridgehead atoms. The van der Waals surface area contributed by atoms with E-state index in [1.165, 1.54) is 4.57 Å². The van der Waals surface area contributed by atoms with Gasteiger partial charge in [-0.25, -0.2) is 4.79 Å². The average Bonchev–Trinajstić information content (AvgIpc) is 2.85. The molecule has 4 aliphatic rings. The number of fused-ring (bicyclic) bond motifs is 4. The lowest BCUT2D eigenvalue weighted by Gasteiger charge is -2.58. The summed E-state index contributed by atoms with van der Waals surface area (Å²) in [6.07, 6.45) is 6.45. The summed E-state index contributed by atoms with van der Waals surface area (Å²) >= 11 is 0. The Kier molecular flexibility index (Phi) is 5.69. The van der Waals surface area contributed by atoms with Crippen molar-refractivity contribution in [1.29, 1.82) is 0 Å². The van der Waals surface area contributed by atoms with Crippen molar-refractivity contribution in [2.24, 2.45) is 5.41 Å². The summed E-state index contributed by atoms with van der Waals surface area (Å²) in [6.45, 7) is 7.11. The smallest absolute Gasteiger partial charge is 0.328 e. The summed E-state index contributed by atoms with van der Waals surface area (Å²) in [6, 6.07) is 5.80. The van der Waals surface area contributed by atoms with Crippen LogP contribution in [-0.4, -0.2) is 64.0 Å². The van der Waals surface area contributed by atoms with Crippen molar-refractivity contribution in [3.05, 3.63) is 44.6 Å². The van der Waals surface area contributed by atoms with E-state index in [0.717, 1.165) is 76.8 Å². The van der Waals surface area contributed by atoms with E-state index in [9.17, 15) is 14.4 Å². The molecule has 8 nitrogen and oxygen atoms in total. The molecule has 0 spiro atoms. The number of nitrogens with one attached hydrogen (secondary N) is 2. The SMILES string of the molecule is CCn1c(=O)[nH]c2cc(CN3CCN(C45CCC(C(=O)NC)(CC4)CC5)CC3)ccc2c1=O. The molecule has 0 atom stereocenters. The molecule has 2 heterocycles. The van der Waals surface area contributed by atoms with E-state index in [1.807, 2.05) is 18.2 Å². The lowest BCUT2D eigenvalue weighted by molar-refractivity contribution is -0.143. The van der Waals surface area contributed by atoms with Crippen molar-refractivity contribution >= 4 is 16.8 Å². The molecular weight excluding hydrogens is 418 g/mol. The second-order valence-electron chi connectivity index (χ2n) is 10.2. The molecule has 1 saturated heterocycles. The number of nitrogens with zero attached hydrogens (tertiary/aromatic N) is 3. The van der Waals surface area contributed by atoms with Crippen LogP contribution in [-0.2, 0) is 17.9 Å². The van der Waals surface area contributed by atoms with Gasteiger partial charge in [0.15, 0.2) is 0 Å². The van der Waals surface area contributed by atoms with Crippen LogP contribution in [0.3, 0.4) is 0 Å². The molecule has 6 rings (SSSR count). The van der Waals surface area contributed by atoms with Gasteiger partial charge in [-0.05, 0) is 63.1 Å². The highest BCUT2D eigenvalue weighted by atomic mass is 16.2. The molecule has 1 aliphatic heterocycles. The molecule has 8 heteroatoms. The lowest BCUT2D eigenvalue weighted by Crippen LogP contribution is -2.63. The Morgan fingerprint density at radius 2 is 1.70 bits per heavy atom. The summed E-state index contributed by atoms with van der Waals surface area (Å²) in [5, 5.41) is 3.46. The van der Waals surface area contributed by atoms with Crippen LogP contribution in [0.4, 0.5) is 0 Å². The number of hydrogen-bond acceptors (Lipinski definition) is 5. The monoisotopic (exact) mass is 453 g/mol. The van der Waals surface area contributed by atoms with Crippen LogP contribution in [0, 0.1) is 5.41 Å². The molecular formula is C25H35N5O3. The second-order valence-corrected chi connectivity index (χ2v) is 10.2. The largest absolute Gasteiger partial charge is 0.359 e. The Bertz CT molecular complexity index is 1150. The van der Waals surface area contributed by atoms with Crippen molar-refractivity contribution in [1.82, 2.24) is 24.7 Å². The third kappa shape index (κ3) is 3.73. The van der Waals surface area contributed by atoms with Crippen LogP contribution in [0.25, 0.3) is 10.9 Å². The van der Waals surface area contributed by atoms with Gasteiger partial charge in [-0.2, -0.15) is 0 Å². The van der Waals surface area contributed by atoms with Gasteiger partial charge in [-0.1, -0.05) is 6.07 Å². The number of carbonyl (C=O) groups excluding carboxylic acids is 1.